The Morgan fingerprint density at radius 1 is 1.00 bits per heavy atom. The number of esters is 1. The van der Waals surface area contributed by atoms with Gasteiger partial charge in [-0.2, -0.15) is 0 Å². The van der Waals surface area contributed by atoms with Gasteiger partial charge in [0.05, 0.1) is 12.2 Å². The second-order valence-corrected chi connectivity index (χ2v) is 8.39. The van der Waals surface area contributed by atoms with Crippen molar-refractivity contribution in [2.24, 2.45) is 0 Å². The highest BCUT2D eigenvalue weighted by molar-refractivity contribution is 5.81. The van der Waals surface area contributed by atoms with E-state index in [2.05, 4.69) is 15.6 Å². The van der Waals surface area contributed by atoms with Gasteiger partial charge in [0.15, 0.2) is 0 Å². The quantitative estimate of drug-likeness (QED) is 0.543. The number of hydrogen-bond acceptors (Lipinski definition) is 6. The molecule has 0 aliphatic heterocycles. The maximum Gasteiger partial charge on any atom is 0.408 e. The Balaban J connectivity index is 1.67. The molecular formula is C24H28N4O4. The molecule has 1 N–H and O–H groups in total. The molecule has 0 bridgehead atoms. The Labute approximate surface area is 187 Å². The van der Waals surface area contributed by atoms with Gasteiger partial charge >= 0.3 is 12.1 Å². The van der Waals surface area contributed by atoms with E-state index in [-0.39, 0.29) is 13.0 Å². The van der Waals surface area contributed by atoms with E-state index >= 15 is 0 Å². The van der Waals surface area contributed by atoms with E-state index in [0.29, 0.717) is 12.2 Å². The molecule has 1 atom stereocenters. The zero-order valence-corrected chi connectivity index (χ0v) is 18.5. The van der Waals surface area contributed by atoms with E-state index in [1.807, 2.05) is 60.7 Å². The van der Waals surface area contributed by atoms with Crippen molar-refractivity contribution < 1.29 is 19.1 Å². The monoisotopic (exact) mass is 436 g/mol. The molecule has 0 saturated heterocycles. The lowest BCUT2D eigenvalue weighted by atomic mass is 10.1. The van der Waals surface area contributed by atoms with Crippen molar-refractivity contribution in [3.05, 3.63) is 83.7 Å². The van der Waals surface area contributed by atoms with Crippen LogP contribution in [0.4, 0.5) is 4.79 Å². The third-order valence-corrected chi connectivity index (χ3v) is 4.39. The Morgan fingerprint density at radius 3 is 2.25 bits per heavy atom. The molecule has 3 aromatic rings. The van der Waals surface area contributed by atoms with Crippen LogP contribution in [0.2, 0.25) is 0 Å². The van der Waals surface area contributed by atoms with E-state index in [0.717, 1.165) is 11.1 Å². The molecule has 0 aliphatic rings. The van der Waals surface area contributed by atoms with E-state index < -0.39 is 23.7 Å². The van der Waals surface area contributed by atoms with Crippen molar-refractivity contribution in [1.82, 2.24) is 20.3 Å². The summed E-state index contributed by atoms with van der Waals surface area (Å²) in [5.74, 6) is -0.572. The highest BCUT2D eigenvalue weighted by atomic mass is 16.6. The summed E-state index contributed by atoms with van der Waals surface area (Å²) in [5, 5.41) is 10.9. The number of hydrogen-bond donors (Lipinski definition) is 1. The van der Waals surface area contributed by atoms with Gasteiger partial charge in [-0.1, -0.05) is 65.9 Å². The first kappa shape index (κ1) is 23.0. The van der Waals surface area contributed by atoms with Crippen molar-refractivity contribution >= 4 is 12.1 Å². The first-order valence-electron chi connectivity index (χ1n) is 10.4. The van der Waals surface area contributed by atoms with E-state index in [4.69, 9.17) is 9.47 Å². The van der Waals surface area contributed by atoms with Gasteiger partial charge in [-0.05, 0) is 31.9 Å². The van der Waals surface area contributed by atoms with Crippen molar-refractivity contribution in [3.63, 3.8) is 0 Å². The molecule has 8 nitrogen and oxygen atoms in total. The first-order chi connectivity index (χ1) is 15.3. The second-order valence-electron chi connectivity index (χ2n) is 8.39. The molecule has 0 fully saturated rings. The highest BCUT2D eigenvalue weighted by Crippen LogP contribution is 2.10. The number of aromatic nitrogens is 3. The van der Waals surface area contributed by atoms with Crippen LogP contribution in [0.25, 0.3) is 0 Å². The van der Waals surface area contributed by atoms with Gasteiger partial charge in [0.1, 0.15) is 18.2 Å². The Morgan fingerprint density at radius 2 is 1.62 bits per heavy atom. The van der Waals surface area contributed by atoms with Crippen LogP contribution in [-0.4, -0.2) is 38.7 Å². The topological polar surface area (TPSA) is 95.3 Å². The van der Waals surface area contributed by atoms with E-state index in [1.165, 1.54) is 0 Å². The molecule has 1 aromatic heterocycles. The molecule has 32 heavy (non-hydrogen) atoms. The number of amides is 1. The maximum absolute atomic E-state index is 12.8. The van der Waals surface area contributed by atoms with Crippen LogP contribution < -0.4 is 5.32 Å². The van der Waals surface area contributed by atoms with Gasteiger partial charge in [0.25, 0.3) is 0 Å². The summed E-state index contributed by atoms with van der Waals surface area (Å²) in [6, 6.07) is 18.2. The van der Waals surface area contributed by atoms with Crippen LogP contribution >= 0.6 is 0 Å². The predicted octanol–water partition coefficient (Wildman–Crippen LogP) is 3.51. The fourth-order valence-electron chi connectivity index (χ4n) is 2.96. The molecule has 0 spiro atoms. The number of rotatable bonds is 8. The molecule has 0 aliphatic carbocycles. The lowest BCUT2D eigenvalue weighted by Gasteiger charge is -2.22. The largest absolute Gasteiger partial charge is 0.459 e. The van der Waals surface area contributed by atoms with Crippen molar-refractivity contribution in [3.8, 4) is 0 Å². The zero-order chi connectivity index (χ0) is 23.0. The fourth-order valence-corrected chi connectivity index (χ4v) is 2.96. The highest BCUT2D eigenvalue weighted by Gasteiger charge is 2.27. The van der Waals surface area contributed by atoms with Crippen LogP contribution in [-0.2, 0) is 33.8 Å². The summed E-state index contributed by atoms with van der Waals surface area (Å²) in [7, 11) is 0. The number of carbonyl (C=O) groups excluding carboxylic acids is 2. The molecule has 1 heterocycles. The zero-order valence-electron chi connectivity index (χ0n) is 18.5. The lowest BCUT2D eigenvalue weighted by Crippen LogP contribution is -2.45. The number of nitrogens with one attached hydrogen (secondary N) is 1. The Hall–Kier alpha value is -3.68. The van der Waals surface area contributed by atoms with Gasteiger partial charge in [-0.25, -0.2) is 14.3 Å². The molecule has 0 unspecified atom stereocenters. The van der Waals surface area contributed by atoms with E-state index in [9.17, 15) is 9.59 Å². The summed E-state index contributed by atoms with van der Waals surface area (Å²) >= 11 is 0. The Bertz CT molecular complexity index is 1010. The fraction of sp³-hybridized carbons (Fsp3) is 0.333. The summed E-state index contributed by atoms with van der Waals surface area (Å²) in [4.78, 5) is 25.1. The van der Waals surface area contributed by atoms with Crippen molar-refractivity contribution in [2.75, 3.05) is 0 Å². The van der Waals surface area contributed by atoms with Gasteiger partial charge in [0, 0.05) is 12.6 Å². The first-order valence-corrected chi connectivity index (χ1v) is 10.4. The number of nitrogens with zero attached hydrogens (tertiary/aromatic N) is 3. The minimum absolute atomic E-state index is 0.104. The molecule has 1 amide bonds. The predicted molar refractivity (Wildman–Crippen MR) is 119 cm³/mol. The van der Waals surface area contributed by atoms with Gasteiger partial charge in [-0.3, -0.25) is 0 Å². The second kappa shape index (κ2) is 10.6. The molecule has 0 saturated carbocycles. The van der Waals surface area contributed by atoms with Crippen LogP contribution in [0.1, 0.15) is 37.6 Å². The molecule has 0 radical (unpaired) electrons. The number of benzene rings is 2. The standard InChI is InChI=1S/C24H28N4O4/c1-24(2,3)32-23(30)25-21(22(29)31-17-19-12-8-5-9-13-19)14-20-16-28(27-26-20)15-18-10-6-4-7-11-18/h4-13,16,21H,14-15,17H2,1-3H3,(H,25,30)/t21-/m0/s1. The molecule has 8 heteroatoms. The third kappa shape index (κ3) is 7.54. The van der Waals surface area contributed by atoms with Crippen molar-refractivity contribution in [2.45, 2.75) is 52.0 Å². The summed E-state index contributed by atoms with van der Waals surface area (Å²) in [6.07, 6.45) is 1.18. The Kier molecular flexibility index (Phi) is 7.59. The smallest absolute Gasteiger partial charge is 0.408 e. The van der Waals surface area contributed by atoms with Crippen LogP contribution in [0.15, 0.2) is 66.9 Å². The van der Waals surface area contributed by atoms with Crippen LogP contribution in [0.5, 0.6) is 0 Å². The molecule has 2 aromatic carbocycles. The minimum Gasteiger partial charge on any atom is -0.459 e. The van der Waals surface area contributed by atoms with Gasteiger partial charge < -0.3 is 14.8 Å². The SMILES string of the molecule is CC(C)(C)OC(=O)N[C@@H](Cc1cn(Cc2ccccc2)nn1)C(=O)OCc1ccccc1. The molecule has 3 rings (SSSR count). The van der Waals surface area contributed by atoms with E-state index in [1.54, 1.807) is 31.6 Å². The minimum atomic E-state index is -0.963. The molecule has 168 valence electrons. The summed E-state index contributed by atoms with van der Waals surface area (Å²) < 4.78 is 12.4. The third-order valence-electron chi connectivity index (χ3n) is 4.39. The summed E-state index contributed by atoms with van der Waals surface area (Å²) in [6.45, 7) is 5.92. The number of ether oxygens (including phenoxy) is 2. The average Bonchev–Trinajstić information content (AvgIpc) is 3.18. The average molecular weight is 437 g/mol. The van der Waals surface area contributed by atoms with Crippen LogP contribution in [0.3, 0.4) is 0 Å². The summed E-state index contributed by atoms with van der Waals surface area (Å²) in [5.41, 5.74) is 1.79. The van der Waals surface area contributed by atoms with Gasteiger partial charge in [0.2, 0.25) is 0 Å². The van der Waals surface area contributed by atoms with Gasteiger partial charge in [-0.15, -0.1) is 5.10 Å². The maximum atomic E-state index is 12.8. The number of carbonyl (C=O) groups is 2. The lowest BCUT2D eigenvalue weighted by molar-refractivity contribution is -0.147. The normalized spacial score (nSPS) is 12.1. The molecular weight excluding hydrogens is 408 g/mol. The van der Waals surface area contributed by atoms with Crippen molar-refractivity contribution in [1.29, 1.82) is 0 Å². The number of alkyl carbamates (subject to hydrolysis) is 1. The van der Waals surface area contributed by atoms with Crippen LogP contribution in [0, 0.1) is 0 Å².